The van der Waals surface area contributed by atoms with Gasteiger partial charge in [-0.15, -0.1) is 24.0 Å². The summed E-state index contributed by atoms with van der Waals surface area (Å²) in [5.74, 6) is 1.40. The third-order valence-electron chi connectivity index (χ3n) is 3.49. The summed E-state index contributed by atoms with van der Waals surface area (Å²) in [5.41, 5.74) is 1.05. The van der Waals surface area contributed by atoms with Gasteiger partial charge in [0, 0.05) is 33.8 Å². The summed E-state index contributed by atoms with van der Waals surface area (Å²) >= 11 is 0. The van der Waals surface area contributed by atoms with Crippen molar-refractivity contribution in [3.05, 3.63) is 35.6 Å². The van der Waals surface area contributed by atoms with E-state index < -0.39 is 0 Å². The predicted octanol–water partition coefficient (Wildman–Crippen LogP) is 2.88. The van der Waals surface area contributed by atoms with Crippen LogP contribution in [0.4, 0.5) is 4.39 Å². The average molecular weight is 421 g/mol. The molecule has 0 spiro atoms. The molecule has 0 saturated heterocycles. The largest absolute Gasteiger partial charge is 0.379 e. The minimum Gasteiger partial charge on any atom is -0.379 e. The highest BCUT2D eigenvalue weighted by atomic mass is 127. The first-order valence-corrected chi connectivity index (χ1v) is 7.43. The molecule has 1 saturated carbocycles. The summed E-state index contributed by atoms with van der Waals surface area (Å²) in [4.78, 5) is 6.26. The van der Waals surface area contributed by atoms with E-state index in [1.807, 2.05) is 11.9 Å². The summed E-state index contributed by atoms with van der Waals surface area (Å²) in [5, 5.41) is 3.27. The molecule has 0 aliphatic heterocycles. The first-order valence-electron chi connectivity index (χ1n) is 7.43. The molecule has 1 aliphatic carbocycles. The number of aliphatic imine (C=N–C) groups is 1. The Bertz CT molecular complexity index is 463. The van der Waals surface area contributed by atoms with Crippen molar-refractivity contribution >= 4 is 29.9 Å². The van der Waals surface area contributed by atoms with E-state index in [1.165, 1.54) is 25.0 Å². The van der Waals surface area contributed by atoms with E-state index >= 15 is 0 Å². The highest BCUT2D eigenvalue weighted by Crippen LogP contribution is 2.28. The van der Waals surface area contributed by atoms with E-state index in [2.05, 4.69) is 10.3 Å². The lowest BCUT2D eigenvalue weighted by Crippen LogP contribution is -2.40. The molecule has 1 fully saturated rings. The van der Waals surface area contributed by atoms with Crippen LogP contribution in [0.15, 0.2) is 29.3 Å². The zero-order valence-corrected chi connectivity index (χ0v) is 15.5. The number of halogens is 2. The Morgan fingerprint density at radius 3 is 2.64 bits per heavy atom. The van der Waals surface area contributed by atoms with E-state index in [1.54, 1.807) is 19.2 Å². The molecule has 0 bridgehead atoms. The quantitative estimate of drug-likeness (QED) is 0.319. The minimum absolute atomic E-state index is 0. The Morgan fingerprint density at radius 1 is 1.36 bits per heavy atom. The van der Waals surface area contributed by atoms with Crippen LogP contribution in [-0.2, 0) is 11.3 Å². The Kier molecular flexibility index (Phi) is 8.70. The molecule has 2 rings (SSSR count). The fraction of sp³-hybridized carbons (Fsp3) is 0.562. The molecule has 124 valence electrons. The van der Waals surface area contributed by atoms with Gasteiger partial charge in [-0.1, -0.05) is 12.1 Å². The second-order valence-electron chi connectivity index (χ2n) is 5.47. The topological polar surface area (TPSA) is 36.9 Å². The Hall–Kier alpha value is -0.890. The molecule has 0 heterocycles. The van der Waals surface area contributed by atoms with E-state index in [0.717, 1.165) is 30.6 Å². The molecule has 0 atom stereocenters. The maximum absolute atomic E-state index is 12.9. The summed E-state index contributed by atoms with van der Waals surface area (Å²) in [6.45, 7) is 3.00. The normalized spacial score (nSPS) is 14.4. The SMILES string of the molecule is CN=C(NCCOCC1CC1)N(C)Cc1ccc(F)cc1.I. The molecule has 6 heteroatoms. The Labute approximate surface area is 149 Å². The van der Waals surface area contributed by atoms with E-state index in [4.69, 9.17) is 4.74 Å². The smallest absolute Gasteiger partial charge is 0.193 e. The number of rotatable bonds is 7. The lowest BCUT2D eigenvalue weighted by Gasteiger charge is -2.22. The first kappa shape index (κ1) is 19.2. The van der Waals surface area contributed by atoms with Crippen molar-refractivity contribution in [2.24, 2.45) is 10.9 Å². The Balaban J connectivity index is 0.00000242. The number of guanidine groups is 1. The van der Waals surface area contributed by atoms with Gasteiger partial charge in [-0.3, -0.25) is 4.99 Å². The average Bonchev–Trinajstić information content (AvgIpc) is 3.29. The highest BCUT2D eigenvalue weighted by Gasteiger charge is 2.20. The summed E-state index contributed by atoms with van der Waals surface area (Å²) in [7, 11) is 3.72. The van der Waals surface area contributed by atoms with Crippen LogP contribution >= 0.6 is 24.0 Å². The van der Waals surface area contributed by atoms with Crippen LogP contribution in [0.3, 0.4) is 0 Å². The molecule has 0 amide bonds. The summed E-state index contributed by atoms with van der Waals surface area (Å²) in [6, 6.07) is 6.53. The number of nitrogens with one attached hydrogen (secondary N) is 1. The third-order valence-corrected chi connectivity index (χ3v) is 3.49. The number of nitrogens with zero attached hydrogens (tertiary/aromatic N) is 2. The monoisotopic (exact) mass is 421 g/mol. The maximum Gasteiger partial charge on any atom is 0.193 e. The van der Waals surface area contributed by atoms with Crippen LogP contribution in [0.25, 0.3) is 0 Å². The van der Waals surface area contributed by atoms with Gasteiger partial charge in [0.2, 0.25) is 0 Å². The molecule has 0 unspecified atom stereocenters. The van der Waals surface area contributed by atoms with Gasteiger partial charge in [-0.05, 0) is 36.5 Å². The fourth-order valence-electron chi connectivity index (χ4n) is 2.09. The van der Waals surface area contributed by atoms with Crippen molar-refractivity contribution in [3.8, 4) is 0 Å². The van der Waals surface area contributed by atoms with Gasteiger partial charge < -0.3 is 15.0 Å². The third kappa shape index (κ3) is 6.91. The molecular weight excluding hydrogens is 396 g/mol. The van der Waals surface area contributed by atoms with Crippen LogP contribution in [0.1, 0.15) is 18.4 Å². The van der Waals surface area contributed by atoms with Gasteiger partial charge in [0.25, 0.3) is 0 Å². The number of hydrogen-bond donors (Lipinski definition) is 1. The molecular formula is C16H25FIN3O. The van der Waals surface area contributed by atoms with Crippen LogP contribution in [-0.4, -0.2) is 44.7 Å². The van der Waals surface area contributed by atoms with Crippen LogP contribution < -0.4 is 5.32 Å². The molecule has 1 aromatic carbocycles. The van der Waals surface area contributed by atoms with Gasteiger partial charge >= 0.3 is 0 Å². The molecule has 1 aliphatic rings. The summed E-state index contributed by atoms with van der Waals surface area (Å²) in [6.07, 6.45) is 2.63. The van der Waals surface area contributed by atoms with Gasteiger partial charge in [0.05, 0.1) is 6.61 Å². The standard InChI is InChI=1S/C16H24FN3O.HI/c1-18-16(19-9-10-21-12-14-3-4-14)20(2)11-13-5-7-15(17)8-6-13;/h5-8,14H,3-4,9-12H2,1-2H3,(H,18,19);1H. The van der Waals surface area contributed by atoms with E-state index in [0.29, 0.717) is 13.2 Å². The second-order valence-corrected chi connectivity index (χ2v) is 5.47. The zero-order valence-electron chi connectivity index (χ0n) is 13.2. The fourth-order valence-corrected chi connectivity index (χ4v) is 2.09. The minimum atomic E-state index is -0.211. The van der Waals surface area contributed by atoms with Crippen molar-refractivity contribution in [2.45, 2.75) is 19.4 Å². The lowest BCUT2D eigenvalue weighted by atomic mass is 10.2. The molecule has 1 aromatic rings. The lowest BCUT2D eigenvalue weighted by molar-refractivity contribution is 0.128. The molecule has 4 nitrogen and oxygen atoms in total. The predicted molar refractivity (Wildman–Crippen MR) is 98.2 cm³/mol. The van der Waals surface area contributed by atoms with Crippen molar-refractivity contribution in [3.63, 3.8) is 0 Å². The van der Waals surface area contributed by atoms with Gasteiger partial charge in [-0.25, -0.2) is 4.39 Å². The molecule has 1 N–H and O–H groups in total. The van der Waals surface area contributed by atoms with Gasteiger partial charge in [-0.2, -0.15) is 0 Å². The highest BCUT2D eigenvalue weighted by molar-refractivity contribution is 14.0. The van der Waals surface area contributed by atoms with E-state index in [9.17, 15) is 4.39 Å². The zero-order chi connectivity index (χ0) is 15.1. The summed E-state index contributed by atoms with van der Waals surface area (Å²) < 4.78 is 18.5. The molecule has 22 heavy (non-hydrogen) atoms. The van der Waals surface area contributed by atoms with Crippen molar-refractivity contribution in [2.75, 3.05) is 33.9 Å². The van der Waals surface area contributed by atoms with Crippen molar-refractivity contribution in [1.29, 1.82) is 0 Å². The van der Waals surface area contributed by atoms with Crippen LogP contribution in [0.2, 0.25) is 0 Å². The Morgan fingerprint density at radius 2 is 2.05 bits per heavy atom. The van der Waals surface area contributed by atoms with Gasteiger partial charge in [0.1, 0.15) is 5.82 Å². The van der Waals surface area contributed by atoms with Crippen LogP contribution in [0.5, 0.6) is 0 Å². The molecule has 0 radical (unpaired) electrons. The van der Waals surface area contributed by atoms with Crippen molar-refractivity contribution in [1.82, 2.24) is 10.2 Å². The first-order chi connectivity index (χ1) is 10.2. The van der Waals surface area contributed by atoms with Crippen molar-refractivity contribution < 1.29 is 9.13 Å². The number of hydrogen-bond acceptors (Lipinski definition) is 2. The maximum atomic E-state index is 12.9. The number of benzene rings is 1. The molecule has 0 aromatic heterocycles. The van der Waals surface area contributed by atoms with Gasteiger partial charge in [0.15, 0.2) is 5.96 Å². The number of ether oxygens (including phenoxy) is 1. The second kappa shape index (κ2) is 9.99. The van der Waals surface area contributed by atoms with E-state index in [-0.39, 0.29) is 29.8 Å². The van der Waals surface area contributed by atoms with Crippen LogP contribution in [0, 0.1) is 11.7 Å².